The van der Waals surface area contributed by atoms with Gasteiger partial charge in [-0.05, 0) is 123 Å². The topological polar surface area (TPSA) is 194 Å². The molecule has 2 aromatic carbocycles. The zero-order valence-corrected chi connectivity index (χ0v) is 37.1. The van der Waals surface area contributed by atoms with E-state index < -0.39 is 54.5 Å². The Hall–Kier alpha value is -4.99. The first kappa shape index (κ1) is 47.7. The standard InChI is InChI=1S/C44H61N3O12S/c1-42(2,3)57-37(50)23-54-30-18-27(28-19-31(55-24-38(51)58-43(4,5)6)22-32(20-28)56-25-39(52)59-44(7,8)9)17-29(21-30)34(48)13-12-16-45-36(49)15-11-10-14-35-40-33(26-60-35)46-41(53)47-40/h17-22,33,35,40H,10-16,23-26H2,1-9H3,(H,45,49)(H2,46,47,53)/t33-,35-,40-/m0/s1. The lowest BCUT2D eigenvalue weighted by Crippen LogP contribution is -2.36. The van der Waals surface area contributed by atoms with E-state index in [0.29, 0.717) is 35.8 Å². The number of hydrogen-bond donors (Lipinski definition) is 3. The number of unbranched alkanes of at least 4 members (excludes halogenated alkanes) is 1. The molecule has 60 heavy (non-hydrogen) atoms. The lowest BCUT2D eigenvalue weighted by Gasteiger charge is -2.20. The van der Waals surface area contributed by atoms with Crippen LogP contribution in [0.2, 0.25) is 0 Å². The zero-order valence-electron chi connectivity index (χ0n) is 36.3. The molecule has 2 aromatic rings. The Bertz CT molecular complexity index is 1810. The van der Waals surface area contributed by atoms with Crippen molar-refractivity contribution in [2.24, 2.45) is 0 Å². The van der Waals surface area contributed by atoms with Gasteiger partial charge in [-0.3, -0.25) is 9.59 Å². The van der Waals surface area contributed by atoms with E-state index in [2.05, 4.69) is 16.0 Å². The van der Waals surface area contributed by atoms with E-state index in [1.54, 1.807) is 86.6 Å². The Morgan fingerprint density at radius 1 is 0.650 bits per heavy atom. The van der Waals surface area contributed by atoms with Crippen LogP contribution in [0.5, 0.6) is 17.2 Å². The SMILES string of the molecule is CC(C)(C)OC(=O)COc1cc(OCC(=O)OC(C)(C)C)cc(-c2cc(OCC(=O)OC(C)(C)C)cc(C(=O)CCCNC(=O)CCCC[C@@H]3SC[C@@H]4NC(=O)N[C@@H]43)c2)c1. The summed E-state index contributed by atoms with van der Waals surface area (Å²) in [5, 5.41) is 9.18. The van der Waals surface area contributed by atoms with E-state index in [4.69, 9.17) is 28.4 Å². The van der Waals surface area contributed by atoms with Crippen LogP contribution in [-0.4, -0.2) is 102 Å². The lowest BCUT2D eigenvalue weighted by molar-refractivity contribution is -0.158. The van der Waals surface area contributed by atoms with Gasteiger partial charge in [0.25, 0.3) is 0 Å². The van der Waals surface area contributed by atoms with Gasteiger partial charge in [0, 0.05) is 42.0 Å². The number of ketones is 1. The highest BCUT2D eigenvalue weighted by Gasteiger charge is 2.42. The van der Waals surface area contributed by atoms with Crippen molar-refractivity contribution in [1.82, 2.24) is 16.0 Å². The summed E-state index contributed by atoms with van der Waals surface area (Å²) in [4.78, 5) is 75.5. The minimum absolute atomic E-state index is 0.0893. The van der Waals surface area contributed by atoms with Crippen molar-refractivity contribution in [3.05, 3.63) is 42.0 Å². The summed E-state index contributed by atoms with van der Waals surface area (Å²) in [5.41, 5.74) is -0.942. The first-order valence-corrected chi connectivity index (χ1v) is 21.4. The average molecular weight is 856 g/mol. The zero-order chi connectivity index (χ0) is 44.3. The Labute approximate surface area is 357 Å². The predicted octanol–water partition coefficient (Wildman–Crippen LogP) is 6.32. The molecule has 15 nitrogen and oxygen atoms in total. The maximum absolute atomic E-state index is 13.7. The van der Waals surface area contributed by atoms with Crippen LogP contribution < -0.4 is 30.2 Å². The molecule has 330 valence electrons. The molecule has 3 atom stereocenters. The van der Waals surface area contributed by atoms with Gasteiger partial charge in [0.15, 0.2) is 25.6 Å². The Balaban J connectivity index is 1.45. The molecule has 0 aromatic heterocycles. The minimum Gasteiger partial charge on any atom is -0.482 e. The molecule has 3 amide bonds. The largest absolute Gasteiger partial charge is 0.482 e. The van der Waals surface area contributed by atoms with Crippen LogP contribution in [0.15, 0.2) is 36.4 Å². The first-order valence-electron chi connectivity index (χ1n) is 20.3. The van der Waals surface area contributed by atoms with Crippen molar-refractivity contribution in [2.75, 3.05) is 32.1 Å². The molecule has 0 spiro atoms. The highest BCUT2D eigenvalue weighted by atomic mass is 32.2. The van der Waals surface area contributed by atoms with Crippen molar-refractivity contribution < 1.29 is 57.2 Å². The fraction of sp³-hybridized carbons (Fsp3) is 0.591. The van der Waals surface area contributed by atoms with Crippen LogP contribution in [0, 0.1) is 0 Å². The van der Waals surface area contributed by atoms with Gasteiger partial charge in [-0.15, -0.1) is 0 Å². The molecule has 2 saturated heterocycles. The van der Waals surface area contributed by atoms with Crippen molar-refractivity contribution in [3.63, 3.8) is 0 Å². The highest BCUT2D eigenvalue weighted by molar-refractivity contribution is 8.00. The number of Topliss-reactive ketones (excluding diaryl/α,β-unsaturated/α-hetero) is 1. The van der Waals surface area contributed by atoms with E-state index in [1.165, 1.54) is 12.1 Å². The maximum atomic E-state index is 13.7. The van der Waals surface area contributed by atoms with Crippen molar-refractivity contribution in [2.45, 2.75) is 135 Å². The van der Waals surface area contributed by atoms with Gasteiger partial charge < -0.3 is 44.4 Å². The van der Waals surface area contributed by atoms with Gasteiger partial charge in [0.1, 0.15) is 34.1 Å². The Morgan fingerprint density at radius 3 is 1.67 bits per heavy atom. The van der Waals surface area contributed by atoms with Gasteiger partial charge in [0.2, 0.25) is 5.91 Å². The number of amides is 3. The third-order valence-electron chi connectivity index (χ3n) is 8.76. The number of carbonyl (C=O) groups is 6. The van der Waals surface area contributed by atoms with Gasteiger partial charge in [-0.2, -0.15) is 11.8 Å². The molecule has 0 saturated carbocycles. The maximum Gasteiger partial charge on any atom is 0.344 e. The average Bonchev–Trinajstić information content (AvgIpc) is 3.69. The lowest BCUT2D eigenvalue weighted by atomic mass is 9.98. The molecule has 2 heterocycles. The molecule has 0 bridgehead atoms. The summed E-state index contributed by atoms with van der Waals surface area (Å²) in [6.07, 6.45) is 3.37. The van der Waals surface area contributed by atoms with Crippen LogP contribution in [0.1, 0.15) is 111 Å². The molecule has 0 aliphatic carbocycles. The van der Waals surface area contributed by atoms with E-state index in [9.17, 15) is 28.8 Å². The number of ether oxygens (including phenoxy) is 6. The first-order chi connectivity index (χ1) is 28.0. The number of nitrogens with one attached hydrogen (secondary N) is 3. The number of fused-ring (bicyclic) bond motifs is 1. The molecule has 2 aliphatic rings. The third kappa shape index (κ3) is 16.9. The van der Waals surface area contributed by atoms with Crippen LogP contribution >= 0.6 is 11.8 Å². The Morgan fingerprint density at radius 2 is 1.15 bits per heavy atom. The van der Waals surface area contributed by atoms with Crippen molar-refractivity contribution in [3.8, 4) is 28.4 Å². The number of hydrogen-bond acceptors (Lipinski definition) is 13. The number of urea groups is 1. The molecule has 3 N–H and O–H groups in total. The predicted molar refractivity (Wildman–Crippen MR) is 226 cm³/mol. The number of thioether (sulfide) groups is 1. The van der Waals surface area contributed by atoms with Gasteiger partial charge in [-0.25, -0.2) is 19.2 Å². The molecule has 0 unspecified atom stereocenters. The highest BCUT2D eigenvalue weighted by Crippen LogP contribution is 2.35. The summed E-state index contributed by atoms with van der Waals surface area (Å²) in [7, 11) is 0. The second kappa shape index (κ2) is 21.0. The summed E-state index contributed by atoms with van der Waals surface area (Å²) >= 11 is 1.85. The van der Waals surface area contributed by atoms with Crippen molar-refractivity contribution >= 4 is 47.4 Å². The Kier molecular flexibility index (Phi) is 16.7. The normalized spacial score (nSPS) is 17.4. The molecule has 2 aliphatic heterocycles. The van der Waals surface area contributed by atoms with Gasteiger partial charge in [0.05, 0.1) is 12.1 Å². The van der Waals surface area contributed by atoms with E-state index in [0.717, 1.165) is 25.0 Å². The van der Waals surface area contributed by atoms with Gasteiger partial charge >= 0.3 is 23.9 Å². The van der Waals surface area contributed by atoms with Gasteiger partial charge in [-0.1, -0.05) is 6.42 Å². The molecular weight excluding hydrogens is 795 g/mol. The molecule has 2 fully saturated rings. The third-order valence-corrected chi connectivity index (χ3v) is 10.3. The minimum atomic E-state index is -0.736. The van der Waals surface area contributed by atoms with Crippen LogP contribution in [0.3, 0.4) is 0 Å². The van der Waals surface area contributed by atoms with Crippen LogP contribution in [-0.2, 0) is 33.4 Å². The number of esters is 3. The smallest absolute Gasteiger partial charge is 0.344 e. The molecule has 4 rings (SSSR count). The molecule has 16 heteroatoms. The van der Waals surface area contributed by atoms with Crippen LogP contribution in [0.4, 0.5) is 4.79 Å². The number of carbonyl (C=O) groups excluding carboxylic acids is 6. The van der Waals surface area contributed by atoms with E-state index >= 15 is 0 Å². The van der Waals surface area contributed by atoms with E-state index in [1.807, 2.05) is 11.8 Å². The second-order valence-electron chi connectivity index (χ2n) is 17.8. The summed E-state index contributed by atoms with van der Waals surface area (Å²) in [6.45, 7) is 14.7. The quantitative estimate of drug-likeness (QED) is 0.0441. The number of benzene rings is 2. The number of rotatable bonds is 20. The fourth-order valence-electron chi connectivity index (χ4n) is 6.44. The fourth-order valence-corrected chi connectivity index (χ4v) is 7.98. The van der Waals surface area contributed by atoms with Crippen molar-refractivity contribution in [1.29, 1.82) is 0 Å². The second-order valence-corrected chi connectivity index (χ2v) is 19.1. The van der Waals surface area contributed by atoms with E-state index in [-0.39, 0.29) is 59.0 Å². The molecular formula is C44H61N3O12S. The summed E-state index contributed by atoms with van der Waals surface area (Å²) < 4.78 is 33.6. The molecule has 0 radical (unpaired) electrons. The summed E-state index contributed by atoms with van der Waals surface area (Å²) in [5.74, 6) is -0.574. The van der Waals surface area contributed by atoms with Crippen LogP contribution in [0.25, 0.3) is 11.1 Å². The summed E-state index contributed by atoms with van der Waals surface area (Å²) in [6, 6.07) is 9.81. The monoisotopic (exact) mass is 855 g/mol.